The molecule has 5 amide bonds. The summed E-state index contributed by atoms with van der Waals surface area (Å²) < 4.78 is 65.6. The number of thiophene rings is 1. The van der Waals surface area contributed by atoms with Crippen molar-refractivity contribution in [2.75, 3.05) is 26.7 Å². The molecule has 4 N–H and O–H groups in total. The van der Waals surface area contributed by atoms with Gasteiger partial charge in [0.05, 0.1) is 6.04 Å². The summed E-state index contributed by atoms with van der Waals surface area (Å²) in [4.78, 5) is 68.4. The van der Waals surface area contributed by atoms with Gasteiger partial charge >= 0.3 is 12.2 Å². The van der Waals surface area contributed by atoms with Crippen LogP contribution in [0.5, 0.6) is 0 Å². The number of nitrogens with zero attached hydrogens (tertiary/aromatic N) is 2. The lowest BCUT2D eigenvalue weighted by atomic mass is 9.85. The average molecular weight is 779 g/mol. The van der Waals surface area contributed by atoms with Crippen molar-refractivity contribution in [2.45, 2.75) is 109 Å². The summed E-state index contributed by atoms with van der Waals surface area (Å²) in [5.41, 5.74) is -1.20. The molecule has 13 nitrogen and oxygen atoms in total. The number of halogens is 3. The molecular formula is C34H53F3N6O7S2. The highest BCUT2D eigenvalue weighted by Gasteiger charge is 2.70. The average Bonchev–Trinajstić information content (AvgIpc) is 3.51. The van der Waals surface area contributed by atoms with E-state index in [0.717, 1.165) is 11.3 Å². The van der Waals surface area contributed by atoms with Crippen LogP contribution in [-0.2, 0) is 29.2 Å². The molecule has 7 atom stereocenters. The first-order valence-electron chi connectivity index (χ1n) is 17.4. The number of rotatable bonds is 16. The molecule has 1 aromatic heterocycles. The number of alkyl halides is 3. The van der Waals surface area contributed by atoms with Gasteiger partial charge in [0.15, 0.2) is 0 Å². The Labute approximate surface area is 308 Å². The van der Waals surface area contributed by atoms with Crippen LogP contribution in [0.25, 0.3) is 0 Å². The highest BCUT2D eigenvalue weighted by molar-refractivity contribution is 7.91. The van der Waals surface area contributed by atoms with Crippen LogP contribution >= 0.6 is 11.3 Å². The number of urea groups is 1. The third-order valence-corrected chi connectivity index (χ3v) is 13.5. The Morgan fingerprint density at radius 3 is 2.23 bits per heavy atom. The molecule has 0 spiro atoms. The molecule has 0 aromatic carbocycles. The van der Waals surface area contributed by atoms with E-state index >= 15 is 0 Å². The third kappa shape index (κ3) is 10.0. The lowest BCUT2D eigenvalue weighted by Crippen LogP contribution is -2.62. The van der Waals surface area contributed by atoms with Crippen LogP contribution in [0.1, 0.15) is 74.7 Å². The predicted molar refractivity (Wildman–Crippen MR) is 189 cm³/mol. The lowest BCUT2D eigenvalue weighted by molar-refractivity contribution is -0.148. The van der Waals surface area contributed by atoms with E-state index in [-0.39, 0.29) is 46.9 Å². The zero-order valence-electron chi connectivity index (χ0n) is 31.2. The smallest absolute Gasteiger partial charge is 0.344 e. The number of ketones is 1. The molecule has 1 aliphatic carbocycles. The minimum absolute atomic E-state index is 0.0182. The van der Waals surface area contributed by atoms with Crippen molar-refractivity contribution >= 4 is 50.9 Å². The summed E-state index contributed by atoms with van der Waals surface area (Å²) in [6.45, 7) is 13.0. The SMILES string of the molecule is CCCC(NC(=O)[C@@H]1[C@@H]2[C@H](CN1C(=O)[C@@H](NC(=O)N[C@H](CN(C)S(=O)(=O)c1cccs1)[C@@H](C)CC)C(C)(C)C)C2(C)C)C(=O)C(=O)NCC(F)(F)F. The fourth-order valence-electron chi connectivity index (χ4n) is 6.80. The number of sulfonamides is 1. The van der Waals surface area contributed by atoms with E-state index in [4.69, 9.17) is 0 Å². The number of carbonyl (C=O) groups excluding carboxylic acids is 5. The zero-order valence-corrected chi connectivity index (χ0v) is 32.9. The van der Waals surface area contributed by atoms with E-state index in [1.54, 1.807) is 44.5 Å². The molecule has 18 heteroatoms. The van der Waals surface area contributed by atoms with Gasteiger partial charge < -0.3 is 26.2 Å². The number of Topliss-reactive ketones (excluding diaryl/α,β-unsaturated/α-hetero) is 1. The van der Waals surface area contributed by atoms with E-state index in [1.165, 1.54) is 22.3 Å². The van der Waals surface area contributed by atoms with Crippen LogP contribution in [-0.4, -0.2) is 104 Å². The second-order valence-corrected chi connectivity index (χ2v) is 18.7. The van der Waals surface area contributed by atoms with Crippen LogP contribution in [0.4, 0.5) is 18.0 Å². The van der Waals surface area contributed by atoms with Crippen molar-refractivity contribution in [1.29, 1.82) is 0 Å². The van der Waals surface area contributed by atoms with E-state index in [9.17, 15) is 45.6 Å². The third-order valence-electron chi connectivity index (χ3n) is 10.3. The Hall–Kier alpha value is -3.25. The first-order chi connectivity index (χ1) is 23.9. The number of likely N-dealkylation sites (N-methyl/N-ethyl adjacent to an activating group) is 1. The van der Waals surface area contributed by atoms with E-state index in [0.29, 0.717) is 12.8 Å². The lowest BCUT2D eigenvalue weighted by Gasteiger charge is -2.38. The van der Waals surface area contributed by atoms with Crippen molar-refractivity contribution in [2.24, 2.45) is 28.6 Å². The normalized spacial score (nSPS) is 22.1. The molecule has 0 radical (unpaired) electrons. The quantitative estimate of drug-likeness (QED) is 0.186. The molecule has 2 heterocycles. The van der Waals surface area contributed by atoms with Gasteiger partial charge in [-0.3, -0.25) is 19.2 Å². The minimum atomic E-state index is -4.73. The standard InChI is InChI=1S/C34H53F3N6O7S2/c1-10-13-21(26(44)29(46)38-18-34(35,36)37)39-28(45)25-24-20(33(24,7)8)16-43(25)30(47)27(32(4,5)6)41-31(48)40-22(19(3)11-2)17-42(9)52(49,50)23-14-12-15-51-23/h12,14-15,19-22,24-25,27H,10-11,13,16-18H2,1-9H3,(H,38,46)(H,39,45)(H2,40,41,48)/t19-,20-,21?,22+,24-,25-,27+/m0/s1. The first kappa shape index (κ1) is 43.2. The van der Waals surface area contributed by atoms with E-state index < -0.39 is 81.9 Å². The maximum Gasteiger partial charge on any atom is 0.405 e. The molecule has 294 valence electrons. The Morgan fingerprint density at radius 2 is 1.71 bits per heavy atom. The Kier molecular flexibility index (Phi) is 13.6. The van der Waals surface area contributed by atoms with Crippen molar-refractivity contribution < 1.29 is 45.6 Å². The Bertz CT molecular complexity index is 1580. The van der Waals surface area contributed by atoms with Crippen LogP contribution in [0.3, 0.4) is 0 Å². The molecule has 1 aliphatic heterocycles. The predicted octanol–water partition coefficient (Wildman–Crippen LogP) is 3.51. The van der Waals surface area contributed by atoms with Gasteiger partial charge in [-0.1, -0.05) is 74.3 Å². The molecule has 1 saturated carbocycles. The highest BCUT2D eigenvalue weighted by Crippen LogP contribution is 2.65. The second kappa shape index (κ2) is 16.4. The number of amides is 5. The van der Waals surface area contributed by atoms with E-state index in [2.05, 4.69) is 16.0 Å². The first-order valence-corrected chi connectivity index (χ1v) is 19.8. The van der Waals surface area contributed by atoms with E-state index in [1.807, 2.05) is 27.7 Å². The Morgan fingerprint density at radius 1 is 1.08 bits per heavy atom. The topological polar surface area (TPSA) is 174 Å². The highest BCUT2D eigenvalue weighted by atomic mass is 32.2. The molecule has 1 unspecified atom stereocenters. The van der Waals surface area contributed by atoms with Gasteiger partial charge in [-0.2, -0.15) is 17.5 Å². The van der Waals surface area contributed by atoms with Crippen molar-refractivity contribution in [3.05, 3.63) is 17.5 Å². The van der Waals surface area contributed by atoms with Crippen molar-refractivity contribution in [1.82, 2.24) is 30.5 Å². The van der Waals surface area contributed by atoms with Crippen LogP contribution in [0.15, 0.2) is 21.7 Å². The van der Waals surface area contributed by atoms with Gasteiger partial charge in [0, 0.05) is 26.2 Å². The van der Waals surface area contributed by atoms with Gasteiger partial charge in [0.25, 0.3) is 15.9 Å². The van der Waals surface area contributed by atoms with Gasteiger partial charge in [-0.25, -0.2) is 13.2 Å². The second-order valence-electron chi connectivity index (χ2n) is 15.5. The summed E-state index contributed by atoms with van der Waals surface area (Å²) in [5, 5.41) is 11.4. The van der Waals surface area contributed by atoms with Crippen molar-refractivity contribution in [3.63, 3.8) is 0 Å². The summed E-state index contributed by atoms with van der Waals surface area (Å²) in [5.74, 6) is -4.50. The molecular weight excluding hydrogens is 726 g/mol. The molecule has 1 aromatic rings. The summed E-state index contributed by atoms with van der Waals surface area (Å²) in [7, 11) is -2.37. The minimum Gasteiger partial charge on any atom is -0.344 e. The van der Waals surface area contributed by atoms with Crippen molar-refractivity contribution in [3.8, 4) is 0 Å². The molecule has 2 fully saturated rings. The molecule has 0 bridgehead atoms. The molecule has 1 saturated heterocycles. The van der Waals surface area contributed by atoms with Crippen LogP contribution < -0.4 is 21.3 Å². The van der Waals surface area contributed by atoms with Gasteiger partial charge in [-0.05, 0) is 46.5 Å². The van der Waals surface area contributed by atoms with Gasteiger partial charge in [0.1, 0.15) is 22.8 Å². The van der Waals surface area contributed by atoms with Crippen LogP contribution in [0, 0.1) is 28.6 Å². The number of fused-ring (bicyclic) bond motifs is 1. The fourth-order valence-corrected chi connectivity index (χ4v) is 9.20. The number of nitrogens with one attached hydrogen (secondary N) is 4. The fraction of sp³-hybridized carbons (Fsp3) is 0.735. The number of piperidine rings is 1. The molecule has 52 heavy (non-hydrogen) atoms. The summed E-state index contributed by atoms with van der Waals surface area (Å²) in [6.07, 6.45) is -3.81. The number of hydrogen-bond acceptors (Lipinski definition) is 8. The number of carbonyl (C=O) groups is 5. The maximum atomic E-state index is 14.3. The zero-order chi connectivity index (χ0) is 39.6. The summed E-state index contributed by atoms with van der Waals surface area (Å²) >= 11 is 1.08. The Balaban J connectivity index is 1.81. The largest absolute Gasteiger partial charge is 0.405 e. The molecule has 3 rings (SSSR count). The molecule has 2 aliphatic rings. The van der Waals surface area contributed by atoms with Gasteiger partial charge in [-0.15, -0.1) is 11.3 Å². The summed E-state index contributed by atoms with van der Waals surface area (Å²) in [6, 6.07) is -1.82. The maximum absolute atomic E-state index is 14.3. The monoisotopic (exact) mass is 778 g/mol. The number of likely N-dealkylation sites (tertiary alicyclic amines) is 1. The number of hydrogen-bond donors (Lipinski definition) is 4. The van der Waals surface area contributed by atoms with Crippen LogP contribution in [0.2, 0.25) is 0 Å². The van der Waals surface area contributed by atoms with Gasteiger partial charge in [0.2, 0.25) is 17.6 Å².